The summed E-state index contributed by atoms with van der Waals surface area (Å²) in [6, 6.07) is 11.7. The minimum atomic E-state index is -0.389. The average Bonchev–Trinajstić information content (AvgIpc) is 2.49. The van der Waals surface area contributed by atoms with E-state index in [1.54, 1.807) is 36.5 Å². The molecule has 0 spiro atoms. The lowest BCUT2D eigenvalue weighted by atomic mass is 10.1. The van der Waals surface area contributed by atoms with Gasteiger partial charge in [-0.05, 0) is 36.4 Å². The summed E-state index contributed by atoms with van der Waals surface area (Å²) in [5, 5.41) is 1.12. The van der Waals surface area contributed by atoms with Gasteiger partial charge in [-0.25, -0.2) is 4.39 Å². The Morgan fingerprint density at radius 1 is 1.14 bits per heavy atom. The van der Waals surface area contributed by atoms with Crippen LogP contribution in [0.4, 0.5) is 10.1 Å². The van der Waals surface area contributed by atoms with Crippen LogP contribution in [-0.4, -0.2) is 4.98 Å². The van der Waals surface area contributed by atoms with Crippen molar-refractivity contribution < 1.29 is 9.13 Å². The monoisotopic (exact) mass is 302 g/mol. The zero-order valence-electron chi connectivity index (χ0n) is 11.0. The molecule has 3 rings (SSSR count). The van der Waals surface area contributed by atoms with Crippen molar-refractivity contribution >= 4 is 28.2 Å². The number of ether oxygens (including phenoxy) is 1. The highest BCUT2D eigenvalue weighted by atomic mass is 35.5. The molecule has 0 aliphatic carbocycles. The van der Waals surface area contributed by atoms with Gasteiger partial charge in [-0.1, -0.05) is 17.7 Å². The molecule has 0 amide bonds. The second-order valence-corrected chi connectivity index (χ2v) is 4.95. The fourth-order valence-corrected chi connectivity index (χ4v) is 2.33. The third-order valence-electron chi connectivity index (χ3n) is 3.19. The van der Waals surface area contributed by atoms with Crippen LogP contribution >= 0.6 is 11.6 Å². The Labute approximate surface area is 126 Å². The quantitative estimate of drug-likeness (QED) is 0.738. The molecule has 2 N–H and O–H groups in total. The normalized spacial score (nSPS) is 10.8. The van der Waals surface area contributed by atoms with E-state index in [1.807, 2.05) is 6.07 Å². The number of hydrogen-bond donors (Lipinski definition) is 1. The fraction of sp³-hybridized carbons (Fsp3) is 0.0625. The van der Waals surface area contributed by atoms with Gasteiger partial charge in [0.2, 0.25) is 0 Å². The first kappa shape index (κ1) is 13.6. The third kappa shape index (κ3) is 2.62. The van der Waals surface area contributed by atoms with Crippen molar-refractivity contribution in [3.63, 3.8) is 0 Å². The van der Waals surface area contributed by atoms with Gasteiger partial charge in [-0.2, -0.15) is 0 Å². The third-order valence-corrected chi connectivity index (χ3v) is 3.55. The molecular weight excluding hydrogens is 291 g/mol. The van der Waals surface area contributed by atoms with Gasteiger partial charge < -0.3 is 10.5 Å². The Bertz CT molecular complexity index is 787. The molecule has 21 heavy (non-hydrogen) atoms. The summed E-state index contributed by atoms with van der Waals surface area (Å²) < 4.78 is 19.4. The van der Waals surface area contributed by atoms with E-state index in [0.29, 0.717) is 27.5 Å². The molecule has 106 valence electrons. The molecule has 2 aromatic carbocycles. The van der Waals surface area contributed by atoms with Crippen LogP contribution in [0.3, 0.4) is 0 Å². The Hall–Kier alpha value is -2.33. The molecule has 3 nitrogen and oxygen atoms in total. The zero-order valence-corrected chi connectivity index (χ0v) is 11.8. The van der Waals surface area contributed by atoms with Crippen molar-refractivity contribution in [1.82, 2.24) is 4.98 Å². The molecule has 0 bridgehead atoms. The number of benzene rings is 2. The van der Waals surface area contributed by atoms with Crippen LogP contribution in [0.5, 0.6) is 5.75 Å². The first-order chi connectivity index (χ1) is 10.2. The highest BCUT2D eigenvalue weighted by Crippen LogP contribution is 2.30. The van der Waals surface area contributed by atoms with Gasteiger partial charge in [0.15, 0.2) is 0 Å². The second-order valence-electron chi connectivity index (χ2n) is 4.54. The van der Waals surface area contributed by atoms with E-state index in [2.05, 4.69) is 4.98 Å². The van der Waals surface area contributed by atoms with Gasteiger partial charge in [-0.15, -0.1) is 0 Å². The highest BCUT2D eigenvalue weighted by Gasteiger charge is 2.10. The molecule has 0 aliphatic rings. The second kappa shape index (κ2) is 5.58. The molecule has 0 atom stereocenters. The Kier molecular flexibility index (Phi) is 3.62. The number of aromatic nitrogens is 1. The standard InChI is InChI=1S/C16H12ClFN2O/c17-12-4-1-5-13(18)11(12)9-21-15-7-6-14(19)16-10(15)3-2-8-20-16/h1-8H,9,19H2. The molecule has 0 saturated heterocycles. The SMILES string of the molecule is Nc1ccc(OCc2c(F)cccc2Cl)c2cccnc12. The number of anilines is 1. The van der Waals surface area contributed by atoms with Crippen LogP contribution in [0.1, 0.15) is 5.56 Å². The molecule has 5 heteroatoms. The van der Waals surface area contributed by atoms with Crippen LogP contribution < -0.4 is 10.5 Å². The number of pyridine rings is 1. The minimum Gasteiger partial charge on any atom is -0.488 e. The van der Waals surface area contributed by atoms with E-state index in [9.17, 15) is 4.39 Å². The number of nitrogens with two attached hydrogens (primary N) is 1. The van der Waals surface area contributed by atoms with E-state index >= 15 is 0 Å². The highest BCUT2D eigenvalue weighted by molar-refractivity contribution is 6.31. The van der Waals surface area contributed by atoms with Gasteiger partial charge in [0.1, 0.15) is 18.2 Å². The van der Waals surface area contributed by atoms with Crippen LogP contribution in [-0.2, 0) is 6.61 Å². The lowest BCUT2D eigenvalue weighted by Crippen LogP contribution is -2.01. The van der Waals surface area contributed by atoms with Crippen molar-refractivity contribution in [3.8, 4) is 5.75 Å². The van der Waals surface area contributed by atoms with Crippen molar-refractivity contribution in [2.45, 2.75) is 6.61 Å². The van der Waals surface area contributed by atoms with E-state index in [-0.39, 0.29) is 12.4 Å². The number of fused-ring (bicyclic) bond motifs is 1. The maximum atomic E-state index is 13.7. The van der Waals surface area contributed by atoms with Crippen LogP contribution in [0, 0.1) is 5.82 Å². The summed E-state index contributed by atoms with van der Waals surface area (Å²) in [6.45, 7) is 0.0411. The van der Waals surface area contributed by atoms with Gasteiger partial charge >= 0.3 is 0 Å². The van der Waals surface area contributed by atoms with E-state index < -0.39 is 0 Å². The predicted octanol–water partition coefficient (Wildman–Crippen LogP) is 4.19. The van der Waals surface area contributed by atoms with Crippen LogP contribution in [0.15, 0.2) is 48.7 Å². The van der Waals surface area contributed by atoms with Crippen molar-refractivity contribution in [1.29, 1.82) is 0 Å². The fourth-order valence-electron chi connectivity index (χ4n) is 2.11. The summed E-state index contributed by atoms with van der Waals surface area (Å²) in [6.07, 6.45) is 1.66. The van der Waals surface area contributed by atoms with E-state index in [1.165, 1.54) is 6.07 Å². The maximum absolute atomic E-state index is 13.7. The zero-order chi connectivity index (χ0) is 14.8. The van der Waals surface area contributed by atoms with Gasteiger partial charge in [0.05, 0.1) is 16.2 Å². The molecule has 1 heterocycles. The molecular formula is C16H12ClFN2O. The van der Waals surface area contributed by atoms with E-state index in [0.717, 1.165) is 5.39 Å². The van der Waals surface area contributed by atoms with Gasteiger partial charge in [0.25, 0.3) is 0 Å². The predicted molar refractivity (Wildman–Crippen MR) is 81.9 cm³/mol. The Morgan fingerprint density at radius 2 is 2.00 bits per heavy atom. The van der Waals surface area contributed by atoms with Crippen molar-refractivity contribution in [2.24, 2.45) is 0 Å². The smallest absolute Gasteiger partial charge is 0.131 e. The number of rotatable bonds is 3. The largest absolute Gasteiger partial charge is 0.488 e. The summed E-state index contributed by atoms with van der Waals surface area (Å²) in [7, 11) is 0. The lowest BCUT2D eigenvalue weighted by Gasteiger charge is -2.11. The molecule has 3 aromatic rings. The van der Waals surface area contributed by atoms with Gasteiger partial charge in [-0.3, -0.25) is 4.98 Å². The number of halogens is 2. The topological polar surface area (TPSA) is 48.1 Å². The van der Waals surface area contributed by atoms with Crippen molar-refractivity contribution in [2.75, 3.05) is 5.73 Å². The van der Waals surface area contributed by atoms with E-state index in [4.69, 9.17) is 22.1 Å². The first-order valence-corrected chi connectivity index (χ1v) is 6.73. The molecule has 0 unspecified atom stereocenters. The summed E-state index contributed by atoms with van der Waals surface area (Å²) >= 11 is 5.99. The molecule has 0 fully saturated rings. The summed E-state index contributed by atoms with van der Waals surface area (Å²) in [5.41, 5.74) is 7.44. The van der Waals surface area contributed by atoms with Crippen LogP contribution in [0.2, 0.25) is 5.02 Å². The van der Waals surface area contributed by atoms with Gasteiger partial charge in [0, 0.05) is 17.1 Å². The van der Waals surface area contributed by atoms with Crippen molar-refractivity contribution in [3.05, 3.63) is 65.1 Å². The van der Waals surface area contributed by atoms with Crippen LogP contribution in [0.25, 0.3) is 10.9 Å². The lowest BCUT2D eigenvalue weighted by molar-refractivity contribution is 0.303. The average molecular weight is 303 g/mol. The summed E-state index contributed by atoms with van der Waals surface area (Å²) in [4.78, 5) is 4.23. The summed E-state index contributed by atoms with van der Waals surface area (Å²) in [5.74, 6) is 0.201. The molecule has 1 aromatic heterocycles. The minimum absolute atomic E-state index is 0.0411. The number of nitrogen functional groups attached to an aromatic ring is 1. The molecule has 0 aliphatic heterocycles. The Balaban J connectivity index is 1.94. The number of hydrogen-bond acceptors (Lipinski definition) is 3. The maximum Gasteiger partial charge on any atom is 0.131 e. The first-order valence-electron chi connectivity index (χ1n) is 6.35. The number of nitrogens with zero attached hydrogens (tertiary/aromatic N) is 1. The molecule has 0 saturated carbocycles. The Morgan fingerprint density at radius 3 is 2.81 bits per heavy atom. The molecule has 0 radical (unpaired) electrons.